The molecule has 1 aliphatic rings. The number of carbonyl (C=O) groups is 1. The second-order valence-corrected chi connectivity index (χ2v) is 7.02. The average molecular weight is 341 g/mol. The summed E-state index contributed by atoms with van der Waals surface area (Å²) in [6.07, 6.45) is 2.07. The Morgan fingerprint density at radius 3 is 3.00 bits per heavy atom. The highest BCUT2D eigenvalue weighted by Crippen LogP contribution is 2.24. The molecule has 4 rings (SSSR count). The van der Waals surface area contributed by atoms with Gasteiger partial charge < -0.3 is 5.32 Å². The lowest BCUT2D eigenvalue weighted by molar-refractivity contribution is 0.102. The van der Waals surface area contributed by atoms with Crippen molar-refractivity contribution in [2.45, 2.75) is 18.8 Å². The molecule has 0 bridgehead atoms. The molecule has 1 amide bonds. The quantitative estimate of drug-likeness (QED) is 0.768. The summed E-state index contributed by atoms with van der Waals surface area (Å²) in [4.78, 5) is 17.1. The van der Waals surface area contributed by atoms with Gasteiger partial charge in [0.25, 0.3) is 5.91 Å². The van der Waals surface area contributed by atoms with E-state index in [4.69, 9.17) is 0 Å². The zero-order chi connectivity index (χ0) is 16.5. The van der Waals surface area contributed by atoms with Crippen LogP contribution in [0.3, 0.4) is 0 Å². The summed E-state index contributed by atoms with van der Waals surface area (Å²) in [5.41, 5.74) is 0.632. The van der Waals surface area contributed by atoms with Crippen LogP contribution < -0.4 is 10.6 Å². The number of rotatable bonds is 3. The van der Waals surface area contributed by atoms with Crippen molar-refractivity contribution in [2.75, 3.05) is 18.4 Å². The normalized spacial score (nSPS) is 15.7. The van der Waals surface area contributed by atoms with Gasteiger partial charge in [0, 0.05) is 23.2 Å². The Balaban J connectivity index is 1.53. The van der Waals surface area contributed by atoms with Crippen molar-refractivity contribution >= 4 is 33.3 Å². The van der Waals surface area contributed by atoms with Crippen LogP contribution >= 0.6 is 11.3 Å². The molecule has 7 heteroatoms. The molecule has 1 saturated heterocycles. The minimum atomic E-state index is -0.157. The van der Waals surface area contributed by atoms with Gasteiger partial charge >= 0.3 is 0 Å². The van der Waals surface area contributed by atoms with Crippen molar-refractivity contribution in [3.8, 4) is 0 Å². The molecular weight excluding hydrogens is 322 g/mol. The Bertz CT molecular complexity index is 878. The Kier molecular flexibility index (Phi) is 4.03. The molecule has 0 radical (unpaired) electrons. The minimum absolute atomic E-state index is 0.157. The summed E-state index contributed by atoms with van der Waals surface area (Å²) >= 11 is 1.67. The number of aromatic nitrogens is 3. The SMILES string of the molecule is Cn1nc(C2CCNCC2)nc1NC(=O)c1ccc2sccc2c1. The molecule has 0 atom stereocenters. The predicted molar refractivity (Wildman–Crippen MR) is 95.6 cm³/mol. The van der Waals surface area contributed by atoms with Gasteiger partial charge in [-0.2, -0.15) is 10.1 Å². The van der Waals surface area contributed by atoms with Gasteiger partial charge in [-0.25, -0.2) is 4.68 Å². The Labute approximate surface area is 143 Å². The van der Waals surface area contributed by atoms with Gasteiger partial charge in [-0.1, -0.05) is 0 Å². The molecule has 1 aromatic carbocycles. The monoisotopic (exact) mass is 341 g/mol. The van der Waals surface area contributed by atoms with Crippen molar-refractivity contribution in [2.24, 2.45) is 7.05 Å². The first kappa shape index (κ1) is 15.3. The van der Waals surface area contributed by atoms with E-state index in [1.165, 1.54) is 4.70 Å². The molecule has 1 fully saturated rings. The highest BCUT2D eigenvalue weighted by atomic mass is 32.1. The van der Waals surface area contributed by atoms with Crippen molar-refractivity contribution in [1.82, 2.24) is 20.1 Å². The molecular formula is C17H19N5OS. The van der Waals surface area contributed by atoms with Crippen LogP contribution in [0.5, 0.6) is 0 Å². The molecule has 3 heterocycles. The number of hydrogen-bond acceptors (Lipinski definition) is 5. The maximum Gasteiger partial charge on any atom is 0.258 e. The maximum atomic E-state index is 12.5. The largest absolute Gasteiger partial charge is 0.317 e. The molecule has 0 aliphatic carbocycles. The van der Waals surface area contributed by atoms with E-state index in [0.717, 1.165) is 37.1 Å². The van der Waals surface area contributed by atoms with Crippen LogP contribution in [0.4, 0.5) is 5.95 Å². The van der Waals surface area contributed by atoms with Gasteiger partial charge in [0.2, 0.25) is 5.95 Å². The van der Waals surface area contributed by atoms with E-state index in [1.807, 2.05) is 36.7 Å². The highest BCUT2D eigenvalue weighted by Gasteiger charge is 2.21. The average Bonchev–Trinajstić information content (AvgIpc) is 3.22. The fourth-order valence-electron chi connectivity index (χ4n) is 3.05. The first-order valence-corrected chi connectivity index (χ1v) is 8.99. The predicted octanol–water partition coefficient (Wildman–Crippen LogP) is 2.75. The summed E-state index contributed by atoms with van der Waals surface area (Å²) in [6, 6.07) is 7.75. The van der Waals surface area contributed by atoms with Gasteiger partial charge in [0.1, 0.15) is 0 Å². The van der Waals surface area contributed by atoms with Crippen LogP contribution in [0, 0.1) is 0 Å². The van der Waals surface area contributed by atoms with Gasteiger partial charge in [-0.05, 0) is 61.0 Å². The Hall–Kier alpha value is -2.25. The number of nitrogens with zero attached hydrogens (tertiary/aromatic N) is 3. The van der Waals surface area contributed by atoms with Crippen LogP contribution in [0.2, 0.25) is 0 Å². The number of benzene rings is 1. The smallest absolute Gasteiger partial charge is 0.258 e. The van der Waals surface area contributed by atoms with Crippen LogP contribution in [0.1, 0.15) is 34.9 Å². The van der Waals surface area contributed by atoms with E-state index in [2.05, 4.69) is 20.7 Å². The van der Waals surface area contributed by atoms with Gasteiger partial charge in [-0.15, -0.1) is 11.3 Å². The zero-order valence-electron chi connectivity index (χ0n) is 13.5. The number of piperidine rings is 1. The van der Waals surface area contributed by atoms with Gasteiger partial charge in [0.15, 0.2) is 5.82 Å². The molecule has 124 valence electrons. The molecule has 0 spiro atoms. The van der Waals surface area contributed by atoms with Crippen LogP contribution in [-0.4, -0.2) is 33.8 Å². The van der Waals surface area contributed by atoms with Crippen molar-refractivity contribution in [1.29, 1.82) is 0 Å². The van der Waals surface area contributed by atoms with E-state index in [1.54, 1.807) is 16.0 Å². The Morgan fingerprint density at radius 2 is 2.17 bits per heavy atom. The molecule has 0 saturated carbocycles. The maximum absolute atomic E-state index is 12.5. The minimum Gasteiger partial charge on any atom is -0.317 e. The fraction of sp³-hybridized carbons (Fsp3) is 0.353. The highest BCUT2D eigenvalue weighted by molar-refractivity contribution is 7.17. The zero-order valence-corrected chi connectivity index (χ0v) is 14.3. The molecule has 2 N–H and O–H groups in total. The van der Waals surface area contributed by atoms with E-state index >= 15 is 0 Å². The number of aryl methyl sites for hydroxylation is 1. The van der Waals surface area contributed by atoms with Crippen molar-refractivity contribution in [3.63, 3.8) is 0 Å². The number of amides is 1. The summed E-state index contributed by atoms with van der Waals surface area (Å²) in [5.74, 6) is 1.53. The molecule has 0 unspecified atom stereocenters. The number of carbonyl (C=O) groups excluding carboxylic acids is 1. The van der Waals surface area contributed by atoms with E-state index in [-0.39, 0.29) is 5.91 Å². The lowest BCUT2D eigenvalue weighted by Gasteiger charge is -2.19. The number of fused-ring (bicyclic) bond motifs is 1. The second-order valence-electron chi connectivity index (χ2n) is 6.07. The first-order chi connectivity index (χ1) is 11.7. The number of thiophene rings is 1. The lowest BCUT2D eigenvalue weighted by atomic mass is 9.98. The third-order valence-corrected chi connectivity index (χ3v) is 5.32. The van der Waals surface area contributed by atoms with E-state index in [9.17, 15) is 4.79 Å². The lowest BCUT2D eigenvalue weighted by Crippen LogP contribution is -2.27. The van der Waals surface area contributed by atoms with Gasteiger partial charge in [-0.3, -0.25) is 10.1 Å². The standard InChI is InChI=1S/C17H19N5OS/c1-22-17(19-15(21-22)11-4-7-18-8-5-11)20-16(23)13-2-3-14-12(10-13)6-9-24-14/h2-3,6,9-11,18H,4-5,7-8H2,1H3,(H,19,20,21,23). The summed E-state index contributed by atoms with van der Waals surface area (Å²) in [6.45, 7) is 1.98. The number of nitrogens with one attached hydrogen (secondary N) is 2. The van der Waals surface area contributed by atoms with E-state index < -0.39 is 0 Å². The van der Waals surface area contributed by atoms with Gasteiger partial charge in [0.05, 0.1) is 0 Å². The van der Waals surface area contributed by atoms with Crippen LogP contribution in [-0.2, 0) is 7.05 Å². The van der Waals surface area contributed by atoms with Crippen LogP contribution in [0.15, 0.2) is 29.6 Å². The number of hydrogen-bond donors (Lipinski definition) is 2. The first-order valence-electron chi connectivity index (χ1n) is 8.11. The van der Waals surface area contributed by atoms with E-state index in [0.29, 0.717) is 17.4 Å². The molecule has 2 aromatic heterocycles. The molecule has 6 nitrogen and oxygen atoms in total. The molecule has 1 aliphatic heterocycles. The van der Waals surface area contributed by atoms with Crippen molar-refractivity contribution < 1.29 is 4.79 Å². The van der Waals surface area contributed by atoms with Crippen LogP contribution in [0.25, 0.3) is 10.1 Å². The second kappa shape index (κ2) is 6.33. The topological polar surface area (TPSA) is 71.8 Å². The third-order valence-electron chi connectivity index (χ3n) is 4.42. The van der Waals surface area contributed by atoms with Crippen molar-refractivity contribution in [3.05, 3.63) is 41.0 Å². The summed E-state index contributed by atoms with van der Waals surface area (Å²) < 4.78 is 2.83. The summed E-state index contributed by atoms with van der Waals surface area (Å²) in [7, 11) is 1.81. The Morgan fingerprint density at radius 1 is 1.33 bits per heavy atom. The fourth-order valence-corrected chi connectivity index (χ4v) is 3.82. The number of anilines is 1. The summed E-state index contributed by atoms with van der Waals surface area (Å²) in [5, 5.41) is 13.8. The third kappa shape index (κ3) is 2.92. The molecule has 24 heavy (non-hydrogen) atoms. The molecule has 3 aromatic rings.